The monoisotopic (exact) mass is 718 g/mol. The smallest absolute Gasteiger partial charge is 0.444 e. The Morgan fingerprint density at radius 1 is 0.660 bits per heavy atom. The van der Waals surface area contributed by atoms with Crippen molar-refractivity contribution in [1.29, 1.82) is 0 Å². The topological polar surface area (TPSA) is 140 Å². The van der Waals surface area contributed by atoms with Crippen LogP contribution in [0.15, 0.2) is 121 Å². The first-order valence-corrected chi connectivity index (χ1v) is 17.5. The molecular formula is C41H42N4O8. The summed E-state index contributed by atoms with van der Waals surface area (Å²) in [4.78, 5) is 59.8. The molecule has 0 N–H and O–H groups in total. The Balaban J connectivity index is 1.59. The first kappa shape index (κ1) is 37.9. The summed E-state index contributed by atoms with van der Waals surface area (Å²) < 4.78 is 13.0. The lowest BCUT2D eigenvalue weighted by molar-refractivity contribution is -0.138. The SMILES string of the molecule is C=CC(=O)OCC/C(=N\OC(=O)n1cccc1)c1ccc2c(c1)-c1cc(/C(CCOC(=O)C=C)=N/OC(=O)n3cccc3)ccc1C2(CCC)CCC. The molecule has 0 saturated carbocycles. The number of nitrogens with zero attached hydrogens (tertiary/aromatic N) is 4. The van der Waals surface area contributed by atoms with E-state index in [1.54, 1.807) is 49.1 Å². The van der Waals surface area contributed by atoms with Crippen molar-refractivity contribution in [2.45, 2.75) is 57.8 Å². The third kappa shape index (κ3) is 8.78. The Morgan fingerprint density at radius 3 is 1.42 bits per heavy atom. The molecule has 5 rings (SSSR count). The zero-order chi connectivity index (χ0) is 37.8. The highest BCUT2D eigenvalue weighted by atomic mass is 16.7. The minimum atomic E-state index is -0.695. The van der Waals surface area contributed by atoms with E-state index < -0.39 is 24.1 Å². The Morgan fingerprint density at radius 2 is 1.06 bits per heavy atom. The van der Waals surface area contributed by atoms with Crippen LogP contribution in [0.25, 0.3) is 11.1 Å². The number of carbonyl (C=O) groups excluding carboxylic acids is 4. The average Bonchev–Trinajstić information content (AvgIpc) is 3.96. The molecule has 1 aliphatic carbocycles. The van der Waals surface area contributed by atoms with Gasteiger partial charge in [0.1, 0.15) is 0 Å². The first-order valence-electron chi connectivity index (χ1n) is 17.5. The van der Waals surface area contributed by atoms with Crippen molar-refractivity contribution < 1.29 is 38.3 Å². The van der Waals surface area contributed by atoms with Crippen molar-refractivity contribution in [1.82, 2.24) is 9.13 Å². The highest BCUT2D eigenvalue weighted by molar-refractivity contribution is 6.04. The Kier molecular flexibility index (Phi) is 12.7. The predicted octanol–water partition coefficient (Wildman–Crippen LogP) is 8.17. The quantitative estimate of drug-likeness (QED) is 0.0372. The number of ether oxygens (including phenoxy) is 2. The zero-order valence-corrected chi connectivity index (χ0v) is 29.9. The van der Waals surface area contributed by atoms with E-state index in [-0.39, 0.29) is 31.5 Å². The van der Waals surface area contributed by atoms with Crippen LogP contribution in [0.5, 0.6) is 0 Å². The number of benzene rings is 2. The molecule has 1 aliphatic rings. The van der Waals surface area contributed by atoms with Gasteiger partial charge in [-0.2, -0.15) is 0 Å². The van der Waals surface area contributed by atoms with Crippen molar-refractivity contribution in [3.8, 4) is 11.1 Å². The first-order chi connectivity index (χ1) is 25.7. The number of carbonyl (C=O) groups is 4. The fourth-order valence-electron chi connectivity index (χ4n) is 6.68. The molecule has 0 atom stereocenters. The lowest BCUT2D eigenvalue weighted by Gasteiger charge is -2.32. The molecule has 2 heterocycles. The van der Waals surface area contributed by atoms with Gasteiger partial charge in [0.2, 0.25) is 0 Å². The molecule has 53 heavy (non-hydrogen) atoms. The van der Waals surface area contributed by atoms with Gasteiger partial charge >= 0.3 is 24.1 Å². The number of fused-ring (bicyclic) bond motifs is 3. The maximum Gasteiger partial charge on any atom is 0.444 e. The Hall–Kier alpha value is -6.30. The number of oxime groups is 2. The molecule has 0 fully saturated rings. The van der Waals surface area contributed by atoms with Gasteiger partial charge in [-0.05, 0) is 71.5 Å². The van der Waals surface area contributed by atoms with Crippen LogP contribution < -0.4 is 0 Å². The maximum atomic E-state index is 12.7. The lowest BCUT2D eigenvalue weighted by atomic mass is 9.71. The second kappa shape index (κ2) is 17.8. The van der Waals surface area contributed by atoms with Gasteiger partial charge < -0.3 is 9.47 Å². The summed E-state index contributed by atoms with van der Waals surface area (Å²) in [6.45, 7) is 11.2. The molecule has 274 valence electrons. The minimum absolute atomic E-state index is 0.0177. The summed E-state index contributed by atoms with van der Waals surface area (Å²) in [5, 5.41) is 8.47. The van der Waals surface area contributed by atoms with E-state index in [1.807, 2.05) is 24.3 Å². The minimum Gasteiger partial charge on any atom is -0.462 e. The second-order valence-electron chi connectivity index (χ2n) is 12.3. The fourth-order valence-corrected chi connectivity index (χ4v) is 6.68. The average molecular weight is 719 g/mol. The fraction of sp³-hybridized carbons (Fsp3) is 0.268. The van der Waals surface area contributed by atoms with Crippen LogP contribution >= 0.6 is 0 Å². The summed E-state index contributed by atoms with van der Waals surface area (Å²) in [5.74, 6) is -1.16. The van der Waals surface area contributed by atoms with Gasteiger partial charge in [0, 0.05) is 66.3 Å². The molecular weight excluding hydrogens is 676 g/mol. The van der Waals surface area contributed by atoms with Crippen LogP contribution in [0.3, 0.4) is 0 Å². The van der Waals surface area contributed by atoms with Crippen LogP contribution in [0, 0.1) is 0 Å². The van der Waals surface area contributed by atoms with E-state index in [9.17, 15) is 19.2 Å². The second-order valence-corrected chi connectivity index (χ2v) is 12.3. The van der Waals surface area contributed by atoms with Gasteiger partial charge in [0.25, 0.3) is 0 Å². The molecule has 2 aromatic carbocycles. The van der Waals surface area contributed by atoms with E-state index in [1.165, 1.54) is 9.13 Å². The molecule has 0 amide bonds. The Labute approximate surface area is 308 Å². The van der Waals surface area contributed by atoms with E-state index in [4.69, 9.17) is 19.1 Å². The lowest BCUT2D eigenvalue weighted by Crippen LogP contribution is -2.25. The van der Waals surface area contributed by atoms with Crippen molar-refractivity contribution >= 4 is 35.5 Å². The molecule has 12 nitrogen and oxygen atoms in total. The maximum absolute atomic E-state index is 12.7. The summed E-state index contributed by atoms with van der Waals surface area (Å²) in [7, 11) is 0. The van der Waals surface area contributed by atoms with Crippen molar-refractivity contribution in [2.75, 3.05) is 13.2 Å². The van der Waals surface area contributed by atoms with Crippen LogP contribution in [0.4, 0.5) is 9.59 Å². The number of esters is 2. The normalized spacial score (nSPS) is 13.0. The van der Waals surface area contributed by atoms with E-state index in [0.717, 1.165) is 60.1 Å². The number of rotatable bonds is 16. The van der Waals surface area contributed by atoms with Crippen molar-refractivity contribution in [3.63, 3.8) is 0 Å². The molecule has 0 unspecified atom stereocenters. The van der Waals surface area contributed by atoms with Crippen LogP contribution in [-0.2, 0) is 34.2 Å². The number of hydrogen-bond acceptors (Lipinski definition) is 10. The van der Waals surface area contributed by atoms with E-state index >= 15 is 0 Å². The van der Waals surface area contributed by atoms with Crippen molar-refractivity contribution in [2.24, 2.45) is 10.3 Å². The molecule has 0 saturated heterocycles. The third-order valence-electron chi connectivity index (χ3n) is 8.98. The van der Waals surface area contributed by atoms with E-state index in [0.29, 0.717) is 22.6 Å². The molecule has 4 aromatic rings. The summed E-state index contributed by atoms with van der Waals surface area (Å²) in [6.07, 6.45) is 11.0. The van der Waals surface area contributed by atoms with E-state index in [2.05, 4.69) is 49.4 Å². The third-order valence-corrected chi connectivity index (χ3v) is 8.98. The van der Waals surface area contributed by atoms with Gasteiger partial charge in [0.05, 0.1) is 24.6 Å². The standard InChI is InChI=1S/C41H42N4O8/c1-5-19-41(20-6-2)33-15-13-29(35(17-25-50-37(46)7-3)42-52-39(48)44-21-9-10-22-44)27-31(33)32-28-30(14-16-34(32)41)36(18-26-51-38(47)8-4)43-53-40(49)45-23-11-12-24-45/h7-16,21-24,27-28H,3-6,17-20,25-26H2,1-2H3/b42-35+,43-36+. The highest BCUT2D eigenvalue weighted by Crippen LogP contribution is 2.54. The number of hydrogen-bond donors (Lipinski definition) is 0. The highest BCUT2D eigenvalue weighted by Gasteiger charge is 2.42. The Bertz CT molecular complexity index is 1880. The molecule has 0 radical (unpaired) electrons. The zero-order valence-electron chi connectivity index (χ0n) is 29.9. The van der Waals surface area contributed by atoms with Gasteiger partial charge in [-0.3, -0.25) is 18.8 Å². The predicted molar refractivity (Wildman–Crippen MR) is 200 cm³/mol. The molecule has 0 bridgehead atoms. The van der Waals surface area contributed by atoms with Crippen LogP contribution in [0.1, 0.15) is 74.6 Å². The van der Waals surface area contributed by atoms with Gasteiger partial charge in [-0.1, -0.05) is 74.4 Å². The van der Waals surface area contributed by atoms with Crippen molar-refractivity contribution in [3.05, 3.63) is 133 Å². The number of aromatic nitrogens is 2. The molecule has 0 aliphatic heterocycles. The summed E-state index contributed by atoms with van der Waals surface area (Å²) in [5.41, 5.74) is 6.07. The largest absolute Gasteiger partial charge is 0.462 e. The van der Waals surface area contributed by atoms with Gasteiger partial charge in [-0.25, -0.2) is 19.2 Å². The van der Waals surface area contributed by atoms with Crippen LogP contribution in [0.2, 0.25) is 0 Å². The molecule has 0 spiro atoms. The van der Waals surface area contributed by atoms with Gasteiger partial charge in [-0.15, -0.1) is 0 Å². The summed E-state index contributed by atoms with van der Waals surface area (Å²) >= 11 is 0. The summed E-state index contributed by atoms with van der Waals surface area (Å²) in [6, 6.07) is 18.9. The van der Waals surface area contributed by atoms with Crippen LogP contribution in [-0.4, -0.2) is 57.9 Å². The molecule has 2 aromatic heterocycles. The van der Waals surface area contributed by atoms with Gasteiger partial charge in [0.15, 0.2) is 0 Å². The molecule has 12 heteroatoms.